The monoisotopic (exact) mass is 475 g/mol. The molecule has 3 N–H and O–H groups in total. The summed E-state index contributed by atoms with van der Waals surface area (Å²) in [5.41, 5.74) is 5.10. The third-order valence-electron chi connectivity index (χ3n) is 5.31. The van der Waals surface area contributed by atoms with Gasteiger partial charge in [-0.2, -0.15) is 0 Å². The Morgan fingerprint density at radius 2 is 1.71 bits per heavy atom. The molecule has 0 fully saturated rings. The molecule has 0 atom stereocenters. The topological polar surface area (TPSA) is 118 Å². The molecular formula is C25H21N3O5S. The molecule has 8 nitrogen and oxygen atoms in total. The van der Waals surface area contributed by atoms with Crippen LogP contribution in [0.2, 0.25) is 0 Å². The van der Waals surface area contributed by atoms with Crippen LogP contribution in [0.1, 0.15) is 37.4 Å². The maximum atomic E-state index is 12.4. The normalized spacial score (nSPS) is 11.6. The Morgan fingerprint density at radius 1 is 1.06 bits per heavy atom. The molecule has 9 heteroatoms. The van der Waals surface area contributed by atoms with Gasteiger partial charge in [-0.3, -0.25) is 4.79 Å². The Kier molecular flexibility index (Phi) is 6.90. The lowest BCUT2D eigenvalue weighted by molar-refractivity contribution is -0.130. The molecule has 0 saturated carbocycles. The van der Waals surface area contributed by atoms with Gasteiger partial charge in [0.15, 0.2) is 0 Å². The predicted octanol–water partition coefficient (Wildman–Crippen LogP) is 3.31. The highest BCUT2D eigenvalue weighted by atomic mass is 32.1. The molecule has 1 aromatic heterocycles. The van der Waals surface area contributed by atoms with Gasteiger partial charge >= 0.3 is 12.1 Å². The summed E-state index contributed by atoms with van der Waals surface area (Å²) < 4.78 is 5.52. The van der Waals surface area contributed by atoms with Gasteiger partial charge < -0.3 is 20.5 Å². The van der Waals surface area contributed by atoms with E-state index in [1.165, 1.54) is 0 Å². The van der Waals surface area contributed by atoms with Crippen molar-refractivity contribution < 1.29 is 24.2 Å². The summed E-state index contributed by atoms with van der Waals surface area (Å²) in [7, 11) is 0. The van der Waals surface area contributed by atoms with Crippen molar-refractivity contribution >= 4 is 29.3 Å². The first-order valence-electron chi connectivity index (χ1n) is 10.5. The molecule has 0 spiro atoms. The number of aryl methyl sites for hydroxylation is 1. The summed E-state index contributed by atoms with van der Waals surface area (Å²) >= 11 is 1.14. The number of rotatable bonds is 6. The Hall–Kier alpha value is -4.16. The largest absolute Gasteiger partial charge is 0.472 e. The number of carboxylic acid groups (broad SMARTS) is 1. The number of aromatic nitrogens is 1. The summed E-state index contributed by atoms with van der Waals surface area (Å²) in [5, 5.41) is 14.2. The highest BCUT2D eigenvalue weighted by Crippen LogP contribution is 2.44. The van der Waals surface area contributed by atoms with Gasteiger partial charge in [0, 0.05) is 11.8 Å². The average Bonchev–Trinajstić information content (AvgIpc) is 3.36. The van der Waals surface area contributed by atoms with Crippen molar-refractivity contribution in [2.75, 3.05) is 13.2 Å². The van der Waals surface area contributed by atoms with Crippen molar-refractivity contribution in [1.82, 2.24) is 15.6 Å². The van der Waals surface area contributed by atoms with Crippen LogP contribution in [0.25, 0.3) is 11.1 Å². The van der Waals surface area contributed by atoms with E-state index in [9.17, 15) is 14.4 Å². The summed E-state index contributed by atoms with van der Waals surface area (Å²) in [6.07, 6.45) is -0.565. The summed E-state index contributed by atoms with van der Waals surface area (Å²) in [4.78, 5) is 39.7. The van der Waals surface area contributed by atoms with E-state index in [-0.39, 0.29) is 25.6 Å². The van der Waals surface area contributed by atoms with E-state index in [4.69, 9.17) is 9.84 Å². The van der Waals surface area contributed by atoms with Gasteiger partial charge in [-0.05, 0) is 29.2 Å². The number of thiazole rings is 1. The summed E-state index contributed by atoms with van der Waals surface area (Å²) in [6.45, 7) is 1.93. The van der Waals surface area contributed by atoms with Crippen LogP contribution in [0.15, 0.2) is 48.5 Å². The Morgan fingerprint density at radius 3 is 2.35 bits per heavy atom. The number of ether oxygens (including phenoxy) is 1. The maximum Gasteiger partial charge on any atom is 0.407 e. The first kappa shape index (κ1) is 23.0. The van der Waals surface area contributed by atoms with Crippen molar-refractivity contribution in [3.63, 3.8) is 0 Å². The molecule has 0 saturated heterocycles. The van der Waals surface area contributed by atoms with Crippen LogP contribution in [0.3, 0.4) is 0 Å². The van der Waals surface area contributed by atoms with Gasteiger partial charge in [0.05, 0.1) is 18.8 Å². The molecule has 2 amide bonds. The second-order valence-electron chi connectivity index (χ2n) is 7.49. The van der Waals surface area contributed by atoms with Gasteiger partial charge in [-0.25, -0.2) is 14.6 Å². The SMILES string of the molecule is Cc1nc(CNC(=O)OCC2c3ccccc3-c3ccccc32)sc1C(=O)NCC#CC(=O)O. The van der Waals surface area contributed by atoms with E-state index < -0.39 is 18.0 Å². The lowest BCUT2D eigenvalue weighted by atomic mass is 9.98. The fraction of sp³-hybridized carbons (Fsp3) is 0.200. The highest BCUT2D eigenvalue weighted by molar-refractivity contribution is 7.13. The first-order chi connectivity index (χ1) is 16.4. The van der Waals surface area contributed by atoms with Gasteiger partial charge in [0.1, 0.15) is 16.5 Å². The minimum absolute atomic E-state index is 0.0280. The molecule has 3 aromatic rings. The number of benzene rings is 2. The number of nitrogens with zero attached hydrogens (tertiary/aromatic N) is 1. The van der Waals surface area contributed by atoms with Gasteiger partial charge in [-0.1, -0.05) is 54.5 Å². The number of carboxylic acids is 1. The number of carbonyl (C=O) groups is 3. The number of fused-ring (bicyclic) bond motifs is 3. The minimum atomic E-state index is -1.26. The molecule has 0 unspecified atom stereocenters. The van der Waals surface area contributed by atoms with Crippen molar-refractivity contribution in [1.29, 1.82) is 0 Å². The number of carbonyl (C=O) groups excluding carboxylic acids is 2. The van der Waals surface area contributed by atoms with Gasteiger partial charge in [0.2, 0.25) is 0 Å². The van der Waals surface area contributed by atoms with Crippen molar-refractivity contribution in [3.05, 3.63) is 75.2 Å². The predicted molar refractivity (Wildman–Crippen MR) is 127 cm³/mol. The molecule has 4 rings (SSSR count). The van der Waals surface area contributed by atoms with Gasteiger partial charge in [0.25, 0.3) is 5.91 Å². The second kappa shape index (κ2) is 10.2. The molecule has 1 aliphatic carbocycles. The standard InChI is InChI=1S/C25H21N3O5S/c1-15-23(24(31)26-12-6-11-22(29)30)34-21(28-15)13-27-25(32)33-14-20-18-9-4-2-7-16(18)17-8-3-5-10-19(17)20/h2-5,7-10,20H,12-14H2,1H3,(H,26,31)(H,27,32)(H,29,30). The van der Waals surface area contributed by atoms with E-state index in [1.54, 1.807) is 6.92 Å². The molecule has 0 bridgehead atoms. The number of hydrogen-bond acceptors (Lipinski definition) is 6. The zero-order valence-corrected chi connectivity index (χ0v) is 19.1. The smallest absolute Gasteiger partial charge is 0.407 e. The molecule has 1 heterocycles. The first-order valence-corrected chi connectivity index (χ1v) is 11.3. The Balaban J connectivity index is 1.31. The van der Waals surface area contributed by atoms with Crippen LogP contribution in [-0.4, -0.2) is 41.2 Å². The number of nitrogens with one attached hydrogen (secondary N) is 2. The average molecular weight is 476 g/mol. The van der Waals surface area contributed by atoms with Crippen LogP contribution >= 0.6 is 11.3 Å². The van der Waals surface area contributed by atoms with Crippen LogP contribution in [0, 0.1) is 18.8 Å². The second-order valence-corrected chi connectivity index (χ2v) is 8.57. The summed E-state index contributed by atoms with van der Waals surface area (Å²) in [6, 6.07) is 16.2. The lowest BCUT2D eigenvalue weighted by Crippen LogP contribution is -2.25. The summed E-state index contributed by atoms with van der Waals surface area (Å²) in [5.74, 6) is 2.57. The molecule has 172 valence electrons. The van der Waals surface area contributed by atoms with Crippen molar-refractivity contribution in [2.24, 2.45) is 0 Å². The molecule has 34 heavy (non-hydrogen) atoms. The Bertz CT molecular complexity index is 1280. The molecular weight excluding hydrogens is 454 g/mol. The van der Waals surface area contributed by atoms with Crippen molar-refractivity contribution in [3.8, 4) is 23.0 Å². The fourth-order valence-electron chi connectivity index (χ4n) is 3.86. The number of hydrogen-bond donors (Lipinski definition) is 3. The quantitative estimate of drug-likeness (QED) is 0.471. The van der Waals surface area contributed by atoms with Crippen molar-refractivity contribution in [2.45, 2.75) is 19.4 Å². The van der Waals surface area contributed by atoms with E-state index in [0.29, 0.717) is 15.6 Å². The zero-order valence-electron chi connectivity index (χ0n) is 18.3. The number of alkyl carbamates (subject to hydrolysis) is 1. The third kappa shape index (κ3) is 5.08. The van der Waals surface area contributed by atoms with Crippen LogP contribution in [0.4, 0.5) is 4.79 Å². The minimum Gasteiger partial charge on any atom is -0.472 e. The van der Waals surface area contributed by atoms with E-state index in [0.717, 1.165) is 33.6 Å². The number of amides is 2. The number of aliphatic carboxylic acids is 1. The molecule has 2 aromatic carbocycles. The van der Waals surface area contributed by atoms with Gasteiger partial charge in [-0.15, -0.1) is 11.3 Å². The van der Waals surface area contributed by atoms with Crippen LogP contribution in [0.5, 0.6) is 0 Å². The van der Waals surface area contributed by atoms with E-state index in [1.807, 2.05) is 30.2 Å². The third-order valence-corrected chi connectivity index (χ3v) is 6.46. The maximum absolute atomic E-state index is 12.4. The van der Waals surface area contributed by atoms with E-state index >= 15 is 0 Å². The highest BCUT2D eigenvalue weighted by Gasteiger charge is 2.29. The zero-order chi connectivity index (χ0) is 24.1. The molecule has 0 radical (unpaired) electrons. The van der Waals surface area contributed by atoms with Crippen LogP contribution < -0.4 is 10.6 Å². The van der Waals surface area contributed by atoms with Crippen LogP contribution in [-0.2, 0) is 16.1 Å². The Labute approximate surface area is 200 Å². The molecule has 0 aliphatic heterocycles. The molecule has 1 aliphatic rings. The van der Waals surface area contributed by atoms with E-state index in [2.05, 4.69) is 45.8 Å². The fourth-order valence-corrected chi connectivity index (χ4v) is 4.78. The lowest BCUT2D eigenvalue weighted by Gasteiger charge is -2.14.